The van der Waals surface area contributed by atoms with Crippen molar-refractivity contribution in [1.82, 2.24) is 10.3 Å². The molecule has 4 nitrogen and oxygen atoms in total. The number of ether oxygens (including phenoxy) is 2. The molecule has 0 aliphatic carbocycles. The van der Waals surface area contributed by atoms with Crippen molar-refractivity contribution in [2.45, 2.75) is 26.5 Å². The van der Waals surface area contributed by atoms with Crippen LogP contribution in [0.2, 0.25) is 10.0 Å². The Balaban J connectivity index is 1.40. The van der Waals surface area contributed by atoms with Crippen LogP contribution < -0.4 is 14.8 Å². The summed E-state index contributed by atoms with van der Waals surface area (Å²) in [7, 11) is 0. The van der Waals surface area contributed by atoms with Crippen LogP contribution in [0.1, 0.15) is 23.6 Å². The van der Waals surface area contributed by atoms with Gasteiger partial charge in [-0.15, -0.1) is 0 Å². The Morgan fingerprint density at radius 1 is 0.939 bits per heavy atom. The van der Waals surface area contributed by atoms with Crippen LogP contribution in [0, 0.1) is 0 Å². The summed E-state index contributed by atoms with van der Waals surface area (Å²) in [6.07, 6.45) is 3.03. The number of fused-ring (bicyclic) bond motifs is 1. The molecule has 0 spiro atoms. The van der Waals surface area contributed by atoms with Gasteiger partial charge in [-0.3, -0.25) is 0 Å². The second-order valence-electron chi connectivity index (χ2n) is 7.60. The van der Waals surface area contributed by atoms with Crippen molar-refractivity contribution in [2.24, 2.45) is 0 Å². The lowest BCUT2D eigenvalue weighted by atomic mass is 10.1. The van der Waals surface area contributed by atoms with Crippen LogP contribution in [0.3, 0.4) is 0 Å². The molecule has 0 saturated carbocycles. The van der Waals surface area contributed by atoms with E-state index in [1.165, 1.54) is 16.5 Å². The Kier molecular flexibility index (Phi) is 8.20. The zero-order valence-corrected chi connectivity index (χ0v) is 21.4. The van der Waals surface area contributed by atoms with E-state index < -0.39 is 0 Å². The quantitative estimate of drug-likeness (QED) is 0.201. The fourth-order valence-corrected chi connectivity index (χ4v) is 4.67. The van der Waals surface area contributed by atoms with E-state index in [0.717, 1.165) is 28.6 Å². The van der Waals surface area contributed by atoms with E-state index in [4.69, 9.17) is 32.7 Å². The van der Waals surface area contributed by atoms with Gasteiger partial charge in [-0.05, 0) is 61.3 Å². The molecule has 0 bridgehead atoms. The molecule has 2 N–H and O–H groups in total. The highest BCUT2D eigenvalue weighted by molar-refractivity contribution is 9.10. The van der Waals surface area contributed by atoms with Gasteiger partial charge in [0.05, 0.1) is 6.61 Å². The van der Waals surface area contributed by atoms with Crippen molar-refractivity contribution in [1.29, 1.82) is 0 Å². The van der Waals surface area contributed by atoms with Crippen LogP contribution in [0.25, 0.3) is 10.9 Å². The maximum Gasteiger partial charge on any atom is 0.162 e. The summed E-state index contributed by atoms with van der Waals surface area (Å²) < 4.78 is 12.8. The van der Waals surface area contributed by atoms with Gasteiger partial charge in [0.2, 0.25) is 0 Å². The molecule has 172 valence electrons. The fraction of sp³-hybridized carbons (Fsp3) is 0.231. The third-order valence-corrected chi connectivity index (χ3v) is 6.85. The van der Waals surface area contributed by atoms with Crippen molar-refractivity contribution < 1.29 is 9.47 Å². The minimum absolute atomic E-state index is 0.257. The van der Waals surface area contributed by atoms with E-state index in [1.807, 2.05) is 31.2 Å². The highest BCUT2D eigenvalue weighted by Gasteiger charge is 2.13. The minimum Gasteiger partial charge on any atom is -0.490 e. The van der Waals surface area contributed by atoms with Gasteiger partial charge in [0.1, 0.15) is 6.61 Å². The molecule has 0 amide bonds. The number of rotatable bonds is 10. The first-order chi connectivity index (χ1) is 16.1. The third-order valence-electron chi connectivity index (χ3n) is 5.41. The molecule has 3 aromatic carbocycles. The Hall–Kier alpha value is -2.18. The number of para-hydroxylation sites is 1. The molecule has 33 heavy (non-hydrogen) atoms. The van der Waals surface area contributed by atoms with Crippen LogP contribution in [0.4, 0.5) is 0 Å². The van der Waals surface area contributed by atoms with Crippen molar-refractivity contribution in [2.75, 3.05) is 13.2 Å². The topological polar surface area (TPSA) is 46.3 Å². The molecule has 1 heterocycles. The van der Waals surface area contributed by atoms with E-state index in [1.54, 1.807) is 12.1 Å². The predicted molar refractivity (Wildman–Crippen MR) is 140 cm³/mol. The summed E-state index contributed by atoms with van der Waals surface area (Å²) in [5.74, 6) is 1.33. The first-order valence-electron chi connectivity index (χ1n) is 10.8. The van der Waals surface area contributed by atoms with Crippen molar-refractivity contribution in [3.05, 3.63) is 92.0 Å². The zero-order chi connectivity index (χ0) is 23.2. The number of hydrogen-bond donors (Lipinski definition) is 2. The summed E-state index contributed by atoms with van der Waals surface area (Å²) in [4.78, 5) is 3.33. The smallest absolute Gasteiger partial charge is 0.162 e. The summed E-state index contributed by atoms with van der Waals surface area (Å²) in [6, 6.07) is 17.7. The van der Waals surface area contributed by atoms with E-state index in [9.17, 15) is 0 Å². The van der Waals surface area contributed by atoms with Crippen LogP contribution in [0.5, 0.6) is 11.5 Å². The molecule has 1 aromatic heterocycles. The van der Waals surface area contributed by atoms with Gasteiger partial charge in [-0.1, -0.05) is 63.4 Å². The summed E-state index contributed by atoms with van der Waals surface area (Å²) in [5, 5.41) is 5.97. The van der Waals surface area contributed by atoms with Gasteiger partial charge in [0, 0.05) is 43.7 Å². The van der Waals surface area contributed by atoms with Gasteiger partial charge >= 0.3 is 0 Å². The number of hydrogen-bond acceptors (Lipinski definition) is 3. The normalized spacial score (nSPS) is 11.2. The average Bonchev–Trinajstić information content (AvgIpc) is 3.22. The second kappa shape index (κ2) is 11.3. The molecular weight excluding hydrogens is 523 g/mol. The zero-order valence-electron chi connectivity index (χ0n) is 18.3. The summed E-state index contributed by atoms with van der Waals surface area (Å²) >= 11 is 16.2. The van der Waals surface area contributed by atoms with Crippen LogP contribution in [-0.2, 0) is 19.6 Å². The van der Waals surface area contributed by atoms with E-state index in [0.29, 0.717) is 34.7 Å². The van der Waals surface area contributed by atoms with E-state index in [2.05, 4.69) is 50.6 Å². The standard InChI is InChI=1S/C26H25BrCl2N2O2/c1-2-32-25-12-18(14-30-11-10-17-15-31-24-9-4-3-6-19(17)24)21(27)13-26(25)33-16-20-22(28)7-5-8-23(20)29/h3-9,12-13,15,30-31H,2,10-11,14,16H2,1H3. The molecule has 0 radical (unpaired) electrons. The van der Waals surface area contributed by atoms with Gasteiger partial charge in [-0.25, -0.2) is 0 Å². The van der Waals surface area contributed by atoms with E-state index in [-0.39, 0.29) is 6.61 Å². The number of aromatic amines is 1. The molecule has 4 rings (SSSR count). The number of nitrogens with one attached hydrogen (secondary N) is 2. The third kappa shape index (κ3) is 5.85. The molecule has 0 aliphatic rings. The lowest BCUT2D eigenvalue weighted by molar-refractivity contribution is 0.269. The van der Waals surface area contributed by atoms with Gasteiger partial charge < -0.3 is 19.8 Å². The van der Waals surface area contributed by atoms with Crippen molar-refractivity contribution >= 4 is 50.0 Å². The number of H-pyrrole nitrogens is 1. The second-order valence-corrected chi connectivity index (χ2v) is 9.27. The largest absolute Gasteiger partial charge is 0.490 e. The van der Waals surface area contributed by atoms with Crippen molar-refractivity contribution in [3.8, 4) is 11.5 Å². The number of halogens is 3. The monoisotopic (exact) mass is 546 g/mol. The van der Waals surface area contributed by atoms with Crippen LogP contribution in [0.15, 0.2) is 65.3 Å². The van der Waals surface area contributed by atoms with Gasteiger partial charge in [0.15, 0.2) is 11.5 Å². The first kappa shape index (κ1) is 24.0. The van der Waals surface area contributed by atoms with Gasteiger partial charge in [-0.2, -0.15) is 0 Å². The molecule has 4 aromatic rings. The van der Waals surface area contributed by atoms with Crippen molar-refractivity contribution in [3.63, 3.8) is 0 Å². The minimum atomic E-state index is 0.257. The van der Waals surface area contributed by atoms with E-state index >= 15 is 0 Å². The highest BCUT2D eigenvalue weighted by atomic mass is 79.9. The Bertz CT molecular complexity index is 1220. The predicted octanol–water partition coefficient (Wildman–Crippen LogP) is 7.55. The Morgan fingerprint density at radius 3 is 2.48 bits per heavy atom. The van der Waals surface area contributed by atoms with Gasteiger partial charge in [0.25, 0.3) is 0 Å². The first-order valence-corrected chi connectivity index (χ1v) is 12.4. The molecule has 7 heteroatoms. The lowest BCUT2D eigenvalue weighted by Crippen LogP contribution is -2.17. The van der Waals surface area contributed by atoms with Crippen LogP contribution in [-0.4, -0.2) is 18.1 Å². The summed E-state index contributed by atoms with van der Waals surface area (Å²) in [6.45, 7) is 4.32. The maximum atomic E-state index is 6.28. The molecule has 0 unspecified atom stereocenters. The average molecular weight is 548 g/mol. The molecule has 0 aliphatic heterocycles. The maximum absolute atomic E-state index is 6.28. The molecule has 0 fully saturated rings. The Morgan fingerprint density at radius 2 is 1.70 bits per heavy atom. The highest BCUT2D eigenvalue weighted by Crippen LogP contribution is 2.35. The van der Waals surface area contributed by atoms with Crippen LogP contribution >= 0.6 is 39.1 Å². The molecule has 0 saturated heterocycles. The number of aromatic nitrogens is 1. The molecule has 0 atom stereocenters. The lowest BCUT2D eigenvalue weighted by Gasteiger charge is -2.16. The SMILES string of the molecule is CCOc1cc(CNCCc2c[nH]c3ccccc23)c(Br)cc1OCc1c(Cl)cccc1Cl. The molecular formula is C26H25BrCl2N2O2. The number of benzene rings is 3. The fourth-order valence-electron chi connectivity index (χ4n) is 3.70. The Labute approximate surface area is 212 Å². The summed E-state index contributed by atoms with van der Waals surface area (Å²) in [5.41, 5.74) is 4.34.